The number of carbonyl (C=O) groups excluding carboxylic acids is 1. The quantitative estimate of drug-likeness (QED) is 0.368. The fraction of sp³-hybridized carbons (Fsp3) is 0.533. The third-order valence-electron chi connectivity index (χ3n) is 3.91. The maximum absolute atomic E-state index is 12.1. The highest BCUT2D eigenvalue weighted by Gasteiger charge is 2.44. The van der Waals surface area contributed by atoms with Crippen molar-refractivity contribution in [1.29, 1.82) is 0 Å². The third kappa shape index (κ3) is 4.76. The average molecular weight is 390 g/mol. The van der Waals surface area contributed by atoms with Crippen molar-refractivity contribution < 1.29 is 38.0 Å². The molecule has 0 bridgehead atoms. The van der Waals surface area contributed by atoms with E-state index in [1.165, 1.54) is 24.3 Å². The number of nitrogens with one attached hydrogen (secondary N) is 1. The van der Waals surface area contributed by atoms with Crippen molar-refractivity contribution in [3.05, 3.63) is 29.8 Å². The normalized spacial score (nSPS) is 29.3. The molecule has 0 aliphatic carbocycles. The summed E-state index contributed by atoms with van der Waals surface area (Å²) in [6.07, 6.45) is -6.46. The second-order valence-corrected chi connectivity index (χ2v) is 7.31. The van der Waals surface area contributed by atoms with Crippen LogP contribution >= 0.6 is 0 Å². The Morgan fingerprint density at radius 2 is 1.81 bits per heavy atom. The maximum atomic E-state index is 12.1. The molecule has 10 nitrogen and oxygen atoms in total. The molecule has 1 aromatic rings. The van der Waals surface area contributed by atoms with Crippen molar-refractivity contribution in [3.8, 4) is 0 Å². The van der Waals surface area contributed by atoms with E-state index < -0.39 is 46.6 Å². The number of aliphatic hydroxyl groups excluding tert-OH is 3. The van der Waals surface area contributed by atoms with Gasteiger partial charge in [-0.1, -0.05) is 0 Å². The lowest BCUT2D eigenvalue weighted by atomic mass is 9.98. The lowest BCUT2D eigenvalue weighted by molar-refractivity contribution is -0.293. The molecule has 1 aliphatic rings. The zero-order valence-corrected chi connectivity index (χ0v) is 14.8. The predicted molar refractivity (Wildman–Crippen MR) is 88.5 cm³/mol. The summed E-state index contributed by atoms with van der Waals surface area (Å²) in [6, 6.07) is 4.96. The molecule has 5 atom stereocenters. The topological polar surface area (TPSA) is 168 Å². The molecule has 11 heteroatoms. The zero-order valence-electron chi connectivity index (χ0n) is 14.0. The maximum Gasteiger partial charge on any atom is 0.251 e. The molecule has 1 heterocycles. The number of rotatable bonds is 6. The SMILES string of the molecule is CCO[C@@H]1O[C@H](CNC(=O)c2ccc(S(N)(=O)=O)cc2)[C@H](O)[C@H](O)[C@H]1O. The monoisotopic (exact) mass is 390 g/mol. The molecule has 0 radical (unpaired) electrons. The highest BCUT2D eigenvalue weighted by atomic mass is 32.2. The van der Waals surface area contributed by atoms with Crippen LogP contribution in [0.2, 0.25) is 0 Å². The Balaban J connectivity index is 1.99. The van der Waals surface area contributed by atoms with Gasteiger partial charge in [0, 0.05) is 18.7 Å². The van der Waals surface area contributed by atoms with Crippen molar-refractivity contribution >= 4 is 15.9 Å². The fourth-order valence-corrected chi connectivity index (χ4v) is 2.99. The third-order valence-corrected chi connectivity index (χ3v) is 4.84. The van der Waals surface area contributed by atoms with E-state index in [0.29, 0.717) is 0 Å². The van der Waals surface area contributed by atoms with E-state index in [1.807, 2.05) is 0 Å². The van der Waals surface area contributed by atoms with Crippen LogP contribution < -0.4 is 10.5 Å². The number of amides is 1. The van der Waals surface area contributed by atoms with Crippen LogP contribution in [0.4, 0.5) is 0 Å². The molecule has 0 unspecified atom stereocenters. The molecule has 1 saturated heterocycles. The molecule has 0 spiro atoms. The average Bonchev–Trinajstić information content (AvgIpc) is 2.60. The molecule has 1 aliphatic heterocycles. The van der Waals surface area contributed by atoms with Crippen LogP contribution in [-0.4, -0.2) is 73.5 Å². The van der Waals surface area contributed by atoms with Gasteiger partial charge in [-0.25, -0.2) is 13.6 Å². The largest absolute Gasteiger partial charge is 0.388 e. The Hall–Kier alpha value is -1.60. The number of ether oxygens (including phenoxy) is 2. The van der Waals surface area contributed by atoms with Crippen LogP contribution in [0, 0.1) is 0 Å². The number of aliphatic hydroxyl groups is 3. The lowest BCUT2D eigenvalue weighted by Crippen LogP contribution is -2.60. The number of primary sulfonamides is 1. The van der Waals surface area contributed by atoms with E-state index in [-0.39, 0.29) is 23.6 Å². The van der Waals surface area contributed by atoms with Gasteiger partial charge < -0.3 is 30.1 Å². The van der Waals surface area contributed by atoms with Crippen molar-refractivity contribution in [3.63, 3.8) is 0 Å². The van der Waals surface area contributed by atoms with Crippen molar-refractivity contribution in [2.75, 3.05) is 13.2 Å². The molecule has 6 N–H and O–H groups in total. The first kappa shape index (κ1) is 20.7. The minimum atomic E-state index is -3.86. The van der Waals surface area contributed by atoms with Gasteiger partial charge in [-0.05, 0) is 31.2 Å². The minimum absolute atomic E-state index is 0.128. The van der Waals surface area contributed by atoms with Gasteiger partial charge in [0.15, 0.2) is 6.29 Å². The van der Waals surface area contributed by atoms with Crippen LogP contribution in [0.3, 0.4) is 0 Å². The number of hydrogen-bond donors (Lipinski definition) is 5. The first-order valence-electron chi connectivity index (χ1n) is 7.87. The van der Waals surface area contributed by atoms with E-state index in [4.69, 9.17) is 14.6 Å². The summed E-state index contributed by atoms with van der Waals surface area (Å²) in [6.45, 7) is 1.74. The zero-order chi connectivity index (χ0) is 19.5. The summed E-state index contributed by atoms with van der Waals surface area (Å²) in [5, 5.41) is 37.1. The fourth-order valence-electron chi connectivity index (χ4n) is 2.48. The Kier molecular flexibility index (Phi) is 6.69. The van der Waals surface area contributed by atoms with E-state index in [9.17, 15) is 28.5 Å². The van der Waals surface area contributed by atoms with Gasteiger partial charge in [0.2, 0.25) is 10.0 Å². The minimum Gasteiger partial charge on any atom is -0.388 e. The number of nitrogens with two attached hydrogens (primary N) is 1. The first-order chi connectivity index (χ1) is 12.1. The summed E-state index contributed by atoms with van der Waals surface area (Å²) in [7, 11) is -3.86. The molecule has 0 aromatic heterocycles. The molecule has 146 valence electrons. The van der Waals surface area contributed by atoms with Crippen molar-refractivity contribution in [2.45, 2.75) is 42.5 Å². The smallest absolute Gasteiger partial charge is 0.251 e. The molecular formula is C15H22N2O8S. The molecule has 26 heavy (non-hydrogen) atoms. The first-order valence-corrected chi connectivity index (χ1v) is 9.42. The number of benzene rings is 1. The van der Waals surface area contributed by atoms with Crippen molar-refractivity contribution in [2.24, 2.45) is 5.14 Å². The summed E-state index contributed by atoms with van der Waals surface area (Å²) >= 11 is 0. The molecule has 2 rings (SSSR count). The van der Waals surface area contributed by atoms with Crippen LogP contribution in [0.15, 0.2) is 29.2 Å². The number of sulfonamides is 1. The van der Waals surface area contributed by atoms with E-state index in [2.05, 4.69) is 5.32 Å². The standard InChI is InChI=1S/C15H22N2O8S/c1-2-24-15-13(20)12(19)11(18)10(25-15)7-17-14(21)8-3-5-9(6-4-8)26(16,22)23/h3-6,10-13,15,18-20H,2,7H2,1H3,(H,17,21)(H2,16,22,23)/t10-,11+,12+,13-,15-/m1/s1. The van der Waals surface area contributed by atoms with Gasteiger partial charge >= 0.3 is 0 Å². The van der Waals surface area contributed by atoms with Crippen molar-refractivity contribution in [1.82, 2.24) is 5.32 Å². The van der Waals surface area contributed by atoms with E-state index >= 15 is 0 Å². The van der Waals surface area contributed by atoms with Crippen LogP contribution in [0.1, 0.15) is 17.3 Å². The van der Waals surface area contributed by atoms with Gasteiger partial charge in [0.05, 0.1) is 4.90 Å². The Bertz CT molecular complexity index is 724. The summed E-state index contributed by atoms with van der Waals surface area (Å²) in [5.74, 6) is -0.546. The molecular weight excluding hydrogens is 368 g/mol. The molecule has 1 aromatic carbocycles. The Morgan fingerprint density at radius 1 is 1.19 bits per heavy atom. The molecule has 1 amide bonds. The van der Waals surface area contributed by atoms with Gasteiger partial charge in [0.1, 0.15) is 24.4 Å². The second-order valence-electron chi connectivity index (χ2n) is 5.75. The summed E-state index contributed by atoms with van der Waals surface area (Å²) < 4.78 is 32.9. The lowest BCUT2D eigenvalue weighted by Gasteiger charge is -2.40. The van der Waals surface area contributed by atoms with Gasteiger partial charge in [0.25, 0.3) is 5.91 Å². The van der Waals surface area contributed by atoms with E-state index in [1.54, 1.807) is 6.92 Å². The number of hydrogen-bond acceptors (Lipinski definition) is 8. The van der Waals surface area contributed by atoms with Gasteiger partial charge in [-0.2, -0.15) is 0 Å². The van der Waals surface area contributed by atoms with Crippen LogP contribution in [0.5, 0.6) is 0 Å². The van der Waals surface area contributed by atoms with E-state index in [0.717, 1.165) is 0 Å². The molecule has 1 fully saturated rings. The van der Waals surface area contributed by atoms with Crippen LogP contribution in [0.25, 0.3) is 0 Å². The Morgan fingerprint density at radius 3 is 2.35 bits per heavy atom. The van der Waals surface area contributed by atoms with Gasteiger partial charge in [-0.3, -0.25) is 4.79 Å². The second kappa shape index (κ2) is 8.39. The highest BCUT2D eigenvalue weighted by molar-refractivity contribution is 7.89. The Labute approximate surface area is 150 Å². The highest BCUT2D eigenvalue weighted by Crippen LogP contribution is 2.22. The summed E-state index contributed by atoms with van der Waals surface area (Å²) in [5.41, 5.74) is 0.171. The number of carbonyl (C=O) groups is 1. The predicted octanol–water partition coefficient (Wildman–Crippen LogP) is -2.09. The summed E-state index contributed by atoms with van der Waals surface area (Å²) in [4.78, 5) is 12.0. The van der Waals surface area contributed by atoms with Crippen LogP contribution in [-0.2, 0) is 19.5 Å². The molecule has 0 saturated carbocycles. The van der Waals surface area contributed by atoms with Gasteiger partial charge in [-0.15, -0.1) is 0 Å².